The first kappa shape index (κ1) is 12.4. The quantitative estimate of drug-likeness (QED) is 0.754. The topological polar surface area (TPSA) is 34.1 Å². The van der Waals surface area contributed by atoms with E-state index in [0.717, 1.165) is 13.1 Å². The molecule has 3 nitrogen and oxygen atoms in total. The van der Waals surface area contributed by atoms with Gasteiger partial charge in [-0.1, -0.05) is 6.07 Å². The van der Waals surface area contributed by atoms with Crippen molar-refractivity contribution in [2.24, 2.45) is 0 Å². The van der Waals surface area contributed by atoms with E-state index in [2.05, 4.69) is 16.4 Å². The number of aromatic nitrogens is 1. The Balaban J connectivity index is 2.25. The van der Waals surface area contributed by atoms with E-state index in [4.69, 9.17) is 16.3 Å². The normalized spacial score (nSPS) is 12.7. The first-order valence-electron chi connectivity index (χ1n) is 4.96. The van der Waals surface area contributed by atoms with Gasteiger partial charge in [0.05, 0.1) is 12.0 Å². The summed E-state index contributed by atoms with van der Waals surface area (Å²) in [5.41, 5.74) is 2.35. The first-order valence-corrected chi connectivity index (χ1v) is 5.40. The lowest BCUT2D eigenvalue weighted by molar-refractivity contribution is 0.197. The minimum absolute atomic E-state index is 0.0211. The zero-order valence-electron chi connectivity index (χ0n) is 9.16. The van der Waals surface area contributed by atoms with Crippen LogP contribution in [0.3, 0.4) is 0 Å². The van der Waals surface area contributed by atoms with Gasteiger partial charge in [0.1, 0.15) is 0 Å². The van der Waals surface area contributed by atoms with Gasteiger partial charge in [-0.05, 0) is 18.1 Å². The number of methoxy groups -OCH3 is 1. The molecule has 0 aromatic carbocycles. The largest absolute Gasteiger partial charge is 0.383 e. The second-order valence-electron chi connectivity index (χ2n) is 3.55. The van der Waals surface area contributed by atoms with Crippen molar-refractivity contribution in [3.8, 4) is 0 Å². The molecule has 15 heavy (non-hydrogen) atoms. The Morgan fingerprint density at radius 1 is 1.53 bits per heavy atom. The predicted molar refractivity (Wildman–Crippen MR) is 62.2 cm³/mol. The molecule has 1 unspecified atom stereocenters. The van der Waals surface area contributed by atoms with E-state index in [9.17, 15) is 0 Å². The molecule has 1 heterocycles. The van der Waals surface area contributed by atoms with Crippen LogP contribution in [0.4, 0.5) is 0 Å². The summed E-state index contributed by atoms with van der Waals surface area (Å²) in [6.45, 7) is 4.14. The van der Waals surface area contributed by atoms with Gasteiger partial charge in [0.2, 0.25) is 0 Å². The summed E-state index contributed by atoms with van der Waals surface area (Å²) in [7, 11) is 1.65. The third kappa shape index (κ3) is 5.11. The second kappa shape index (κ2) is 6.77. The highest BCUT2D eigenvalue weighted by Crippen LogP contribution is 2.01. The van der Waals surface area contributed by atoms with Crippen LogP contribution in [0.1, 0.15) is 11.1 Å². The van der Waals surface area contributed by atoms with Gasteiger partial charge >= 0.3 is 0 Å². The lowest BCUT2D eigenvalue weighted by Crippen LogP contribution is -2.25. The third-order valence-electron chi connectivity index (χ3n) is 1.97. The Labute approximate surface area is 95.8 Å². The van der Waals surface area contributed by atoms with E-state index in [1.807, 2.05) is 19.3 Å². The third-order valence-corrected chi connectivity index (χ3v) is 2.25. The van der Waals surface area contributed by atoms with Crippen LogP contribution in [0.5, 0.6) is 0 Å². The fourth-order valence-corrected chi connectivity index (χ4v) is 1.56. The standard InChI is InChI=1S/C11H17ClN2O/c1-9-3-10(5-13-4-9)6-14-7-11(12)8-15-2/h3-5,11,14H,6-8H2,1-2H3. The summed E-state index contributed by atoms with van der Waals surface area (Å²) < 4.78 is 4.94. The molecule has 0 aliphatic heterocycles. The zero-order valence-corrected chi connectivity index (χ0v) is 9.92. The van der Waals surface area contributed by atoms with Crippen molar-refractivity contribution < 1.29 is 4.74 Å². The van der Waals surface area contributed by atoms with Crippen LogP contribution >= 0.6 is 11.6 Å². The summed E-state index contributed by atoms with van der Waals surface area (Å²) in [5.74, 6) is 0. The summed E-state index contributed by atoms with van der Waals surface area (Å²) in [6, 6.07) is 2.11. The van der Waals surface area contributed by atoms with Crippen molar-refractivity contribution in [3.05, 3.63) is 29.6 Å². The van der Waals surface area contributed by atoms with Crippen LogP contribution in [0.15, 0.2) is 18.5 Å². The highest BCUT2D eigenvalue weighted by Gasteiger charge is 2.02. The number of halogens is 1. The molecule has 1 aromatic rings. The van der Waals surface area contributed by atoms with Gasteiger partial charge in [-0.25, -0.2) is 0 Å². The number of aryl methyl sites for hydroxylation is 1. The van der Waals surface area contributed by atoms with Gasteiger partial charge in [0.15, 0.2) is 0 Å². The molecular weight excluding hydrogens is 212 g/mol. The lowest BCUT2D eigenvalue weighted by Gasteiger charge is -2.09. The maximum Gasteiger partial charge on any atom is 0.0694 e. The summed E-state index contributed by atoms with van der Waals surface area (Å²) >= 11 is 5.98. The molecule has 0 bridgehead atoms. The van der Waals surface area contributed by atoms with Crippen molar-refractivity contribution in [1.29, 1.82) is 0 Å². The molecule has 1 aromatic heterocycles. The number of rotatable bonds is 6. The summed E-state index contributed by atoms with van der Waals surface area (Å²) in [4.78, 5) is 4.12. The highest BCUT2D eigenvalue weighted by atomic mass is 35.5. The van der Waals surface area contributed by atoms with Crippen LogP contribution < -0.4 is 5.32 Å². The Morgan fingerprint density at radius 2 is 2.33 bits per heavy atom. The smallest absolute Gasteiger partial charge is 0.0694 e. The minimum atomic E-state index is 0.0211. The van der Waals surface area contributed by atoms with Gasteiger partial charge in [-0.2, -0.15) is 0 Å². The molecule has 0 radical (unpaired) electrons. The van der Waals surface area contributed by atoms with E-state index < -0.39 is 0 Å². The molecule has 0 spiro atoms. The zero-order chi connectivity index (χ0) is 11.1. The molecule has 0 fully saturated rings. The first-order chi connectivity index (χ1) is 7.22. The minimum Gasteiger partial charge on any atom is -0.383 e. The fraction of sp³-hybridized carbons (Fsp3) is 0.545. The van der Waals surface area contributed by atoms with Crippen LogP contribution in [0.25, 0.3) is 0 Å². The van der Waals surface area contributed by atoms with Crippen LogP contribution in [-0.4, -0.2) is 30.6 Å². The molecule has 84 valence electrons. The van der Waals surface area contributed by atoms with E-state index in [-0.39, 0.29) is 5.38 Å². The van der Waals surface area contributed by atoms with E-state index in [1.165, 1.54) is 11.1 Å². The molecule has 1 rings (SSSR count). The van der Waals surface area contributed by atoms with Gasteiger partial charge in [-0.3, -0.25) is 4.98 Å². The van der Waals surface area contributed by atoms with Crippen LogP contribution in [0.2, 0.25) is 0 Å². The molecule has 0 amide bonds. The molecule has 0 aliphatic rings. The Hall–Kier alpha value is -0.640. The van der Waals surface area contributed by atoms with Crippen molar-refractivity contribution >= 4 is 11.6 Å². The average Bonchev–Trinajstić information content (AvgIpc) is 2.18. The van der Waals surface area contributed by atoms with Crippen molar-refractivity contribution in [2.45, 2.75) is 18.8 Å². The van der Waals surface area contributed by atoms with Crippen molar-refractivity contribution in [3.63, 3.8) is 0 Å². The van der Waals surface area contributed by atoms with Gasteiger partial charge < -0.3 is 10.1 Å². The Bertz CT molecular complexity index is 294. The maximum atomic E-state index is 5.98. The summed E-state index contributed by atoms with van der Waals surface area (Å²) in [5, 5.41) is 3.28. The van der Waals surface area contributed by atoms with Gasteiger partial charge in [-0.15, -0.1) is 11.6 Å². The monoisotopic (exact) mass is 228 g/mol. The average molecular weight is 229 g/mol. The molecule has 1 atom stereocenters. The van der Waals surface area contributed by atoms with E-state index in [1.54, 1.807) is 7.11 Å². The predicted octanol–water partition coefficient (Wildman–Crippen LogP) is 1.73. The highest BCUT2D eigenvalue weighted by molar-refractivity contribution is 6.20. The molecular formula is C11H17ClN2O. The number of nitrogens with one attached hydrogen (secondary N) is 1. The number of hydrogen-bond donors (Lipinski definition) is 1. The molecule has 0 aliphatic carbocycles. The number of hydrogen-bond acceptors (Lipinski definition) is 3. The fourth-order valence-electron chi connectivity index (χ4n) is 1.33. The SMILES string of the molecule is COCC(Cl)CNCc1cncc(C)c1. The second-order valence-corrected chi connectivity index (χ2v) is 4.17. The van der Waals surface area contributed by atoms with Gasteiger partial charge in [0, 0.05) is 32.6 Å². The van der Waals surface area contributed by atoms with Crippen molar-refractivity contribution in [2.75, 3.05) is 20.3 Å². The molecule has 1 N–H and O–H groups in total. The van der Waals surface area contributed by atoms with E-state index in [0.29, 0.717) is 6.61 Å². The number of nitrogens with zero attached hydrogens (tertiary/aromatic N) is 1. The molecule has 0 saturated heterocycles. The number of alkyl halides is 1. The lowest BCUT2D eigenvalue weighted by atomic mass is 10.2. The summed E-state index contributed by atoms with van der Waals surface area (Å²) in [6.07, 6.45) is 3.71. The number of ether oxygens (including phenoxy) is 1. The van der Waals surface area contributed by atoms with Crippen molar-refractivity contribution in [1.82, 2.24) is 10.3 Å². The molecule has 0 saturated carbocycles. The molecule has 4 heteroatoms. The van der Waals surface area contributed by atoms with E-state index >= 15 is 0 Å². The maximum absolute atomic E-state index is 5.98. The van der Waals surface area contributed by atoms with Crippen LogP contribution in [-0.2, 0) is 11.3 Å². The van der Waals surface area contributed by atoms with Gasteiger partial charge in [0.25, 0.3) is 0 Å². The Morgan fingerprint density at radius 3 is 3.00 bits per heavy atom. The Kier molecular flexibility index (Phi) is 5.61. The van der Waals surface area contributed by atoms with Crippen LogP contribution in [0, 0.1) is 6.92 Å². The number of pyridine rings is 1.